The summed E-state index contributed by atoms with van der Waals surface area (Å²) in [4.78, 5) is 15.9. The molecule has 1 aromatic heterocycles. The Morgan fingerprint density at radius 3 is 2.53 bits per heavy atom. The van der Waals surface area contributed by atoms with Crippen molar-refractivity contribution < 1.29 is 23.8 Å². The molecule has 0 aliphatic heterocycles. The molecular weight excluding hydrogens is 432 g/mol. The topological polar surface area (TPSA) is 93.8 Å². The molecular formula is C27H28N2O5. The van der Waals surface area contributed by atoms with Crippen LogP contribution in [0.3, 0.4) is 0 Å². The fourth-order valence-corrected chi connectivity index (χ4v) is 3.58. The third kappa shape index (κ3) is 6.14. The van der Waals surface area contributed by atoms with Gasteiger partial charge in [0.2, 0.25) is 5.89 Å². The number of ether oxygens (including phenoxy) is 2. The Balaban J connectivity index is 1.38. The van der Waals surface area contributed by atoms with E-state index in [0.717, 1.165) is 28.8 Å². The quantitative estimate of drug-likeness (QED) is 0.287. The highest BCUT2D eigenvalue weighted by Gasteiger charge is 2.20. The number of nitrogens with zero attached hydrogens (tertiary/aromatic N) is 1. The van der Waals surface area contributed by atoms with E-state index in [9.17, 15) is 9.90 Å². The van der Waals surface area contributed by atoms with E-state index >= 15 is 0 Å². The van der Waals surface area contributed by atoms with E-state index in [-0.39, 0.29) is 0 Å². The van der Waals surface area contributed by atoms with Gasteiger partial charge >= 0.3 is 5.97 Å². The van der Waals surface area contributed by atoms with Gasteiger partial charge in [-0.05, 0) is 61.3 Å². The van der Waals surface area contributed by atoms with Gasteiger partial charge in [0, 0.05) is 6.54 Å². The van der Waals surface area contributed by atoms with Crippen molar-refractivity contribution in [2.75, 3.05) is 13.1 Å². The summed E-state index contributed by atoms with van der Waals surface area (Å²) < 4.78 is 17.7. The van der Waals surface area contributed by atoms with Crippen LogP contribution in [-0.4, -0.2) is 35.3 Å². The number of nitrogens with one attached hydrogen (secondary N) is 1. The zero-order chi connectivity index (χ0) is 23.8. The second-order valence-corrected chi connectivity index (χ2v) is 7.89. The van der Waals surface area contributed by atoms with Crippen LogP contribution in [0.1, 0.15) is 30.9 Å². The van der Waals surface area contributed by atoms with Gasteiger partial charge in [-0.25, -0.2) is 9.78 Å². The lowest BCUT2D eigenvalue weighted by Crippen LogP contribution is -2.27. The zero-order valence-electron chi connectivity index (χ0n) is 19.0. The van der Waals surface area contributed by atoms with Crippen molar-refractivity contribution in [3.63, 3.8) is 0 Å². The summed E-state index contributed by atoms with van der Waals surface area (Å²) in [5.74, 6) is 0.860. The van der Waals surface area contributed by atoms with Crippen molar-refractivity contribution in [1.29, 1.82) is 0 Å². The molecule has 0 amide bonds. The largest absolute Gasteiger partial charge is 0.479 e. The number of para-hydroxylation sites is 3. The second-order valence-electron chi connectivity index (χ2n) is 7.89. The lowest BCUT2D eigenvalue weighted by Gasteiger charge is -2.17. The van der Waals surface area contributed by atoms with Crippen molar-refractivity contribution in [2.24, 2.45) is 0 Å². The predicted molar refractivity (Wildman–Crippen MR) is 129 cm³/mol. The number of benzene rings is 3. The van der Waals surface area contributed by atoms with Gasteiger partial charge in [0.25, 0.3) is 0 Å². The molecule has 4 rings (SSSR count). The van der Waals surface area contributed by atoms with Crippen LogP contribution in [0.5, 0.6) is 11.5 Å². The number of hydrogen-bond acceptors (Lipinski definition) is 6. The summed E-state index contributed by atoms with van der Waals surface area (Å²) >= 11 is 0. The molecule has 7 nitrogen and oxygen atoms in total. The Morgan fingerprint density at radius 2 is 1.76 bits per heavy atom. The van der Waals surface area contributed by atoms with E-state index in [1.165, 1.54) is 0 Å². The summed E-state index contributed by atoms with van der Waals surface area (Å²) in [6.45, 7) is 2.99. The molecule has 0 spiro atoms. The van der Waals surface area contributed by atoms with Crippen LogP contribution in [0.15, 0.2) is 83.3 Å². The Bertz CT molecular complexity index is 1170. The highest BCUT2D eigenvalue weighted by Crippen LogP contribution is 2.24. The first kappa shape index (κ1) is 23.3. The van der Waals surface area contributed by atoms with E-state index in [0.29, 0.717) is 31.2 Å². The summed E-state index contributed by atoms with van der Waals surface area (Å²) in [6, 6.07) is 24.8. The standard InChI is InChI=1S/C27H28N2O5/c1-2-23(27(30)31)33-21-12-8-9-19(17-21)15-16-28-18-25(32-20-10-4-3-5-11-20)26-29-22-13-6-7-14-24(22)34-26/h3-14,17,23,25,28H,2,15-16,18H2,1H3,(H,30,31). The summed E-state index contributed by atoms with van der Waals surface area (Å²) in [7, 11) is 0. The molecule has 0 aliphatic carbocycles. The number of oxazole rings is 1. The van der Waals surface area contributed by atoms with Gasteiger partial charge in [0.1, 0.15) is 17.0 Å². The van der Waals surface area contributed by atoms with Gasteiger partial charge in [0.05, 0.1) is 0 Å². The van der Waals surface area contributed by atoms with E-state index in [1.807, 2.05) is 72.8 Å². The Kier molecular flexibility index (Phi) is 7.78. The highest BCUT2D eigenvalue weighted by molar-refractivity contribution is 5.73. The normalized spacial score (nSPS) is 12.9. The average molecular weight is 461 g/mol. The van der Waals surface area contributed by atoms with E-state index in [1.54, 1.807) is 13.0 Å². The third-order valence-electron chi connectivity index (χ3n) is 5.35. The minimum Gasteiger partial charge on any atom is -0.479 e. The highest BCUT2D eigenvalue weighted by atomic mass is 16.5. The van der Waals surface area contributed by atoms with Crippen molar-refractivity contribution >= 4 is 17.1 Å². The van der Waals surface area contributed by atoms with Crippen LogP contribution in [0.25, 0.3) is 11.1 Å². The molecule has 7 heteroatoms. The number of rotatable bonds is 12. The monoisotopic (exact) mass is 460 g/mol. The van der Waals surface area contributed by atoms with E-state index < -0.39 is 18.2 Å². The van der Waals surface area contributed by atoms with Gasteiger partial charge < -0.3 is 24.3 Å². The lowest BCUT2D eigenvalue weighted by atomic mass is 10.1. The predicted octanol–water partition coefficient (Wildman–Crippen LogP) is 5.02. The van der Waals surface area contributed by atoms with Gasteiger partial charge in [-0.2, -0.15) is 0 Å². The number of aliphatic carboxylic acids is 1. The van der Waals surface area contributed by atoms with Gasteiger partial charge in [0.15, 0.2) is 17.8 Å². The molecule has 0 saturated heterocycles. The van der Waals surface area contributed by atoms with Crippen LogP contribution in [-0.2, 0) is 11.2 Å². The maximum absolute atomic E-state index is 11.2. The fourth-order valence-electron chi connectivity index (χ4n) is 3.58. The SMILES string of the molecule is CCC(Oc1cccc(CCNCC(Oc2ccccc2)c2nc3ccccc3o2)c1)C(=O)O. The molecule has 3 aromatic carbocycles. The minimum absolute atomic E-state index is 0.398. The zero-order valence-corrected chi connectivity index (χ0v) is 19.0. The number of carbonyl (C=O) groups is 1. The van der Waals surface area contributed by atoms with Gasteiger partial charge in [-0.1, -0.05) is 49.4 Å². The van der Waals surface area contributed by atoms with Crippen molar-refractivity contribution in [3.05, 3.63) is 90.3 Å². The molecule has 0 fully saturated rings. The third-order valence-corrected chi connectivity index (χ3v) is 5.35. The maximum atomic E-state index is 11.2. The molecule has 34 heavy (non-hydrogen) atoms. The Hall–Kier alpha value is -3.84. The summed E-state index contributed by atoms with van der Waals surface area (Å²) in [5, 5.41) is 12.6. The lowest BCUT2D eigenvalue weighted by molar-refractivity contribution is -0.145. The van der Waals surface area contributed by atoms with Crippen LogP contribution in [0, 0.1) is 0 Å². The maximum Gasteiger partial charge on any atom is 0.344 e. The van der Waals surface area contributed by atoms with Gasteiger partial charge in [-0.15, -0.1) is 0 Å². The van der Waals surface area contributed by atoms with Crippen molar-refractivity contribution in [1.82, 2.24) is 10.3 Å². The molecule has 1 heterocycles. The number of carboxylic acids is 1. The number of aromatic nitrogens is 1. The molecule has 2 unspecified atom stereocenters. The van der Waals surface area contributed by atoms with Crippen LogP contribution in [0.2, 0.25) is 0 Å². The van der Waals surface area contributed by atoms with Crippen LogP contribution < -0.4 is 14.8 Å². The van der Waals surface area contributed by atoms with Gasteiger partial charge in [-0.3, -0.25) is 0 Å². The van der Waals surface area contributed by atoms with E-state index in [2.05, 4.69) is 10.3 Å². The molecule has 0 aliphatic rings. The summed E-state index contributed by atoms with van der Waals surface area (Å²) in [5.41, 5.74) is 2.57. The average Bonchev–Trinajstić information content (AvgIpc) is 3.29. The van der Waals surface area contributed by atoms with Crippen LogP contribution >= 0.6 is 0 Å². The molecule has 176 valence electrons. The molecule has 2 atom stereocenters. The first-order chi connectivity index (χ1) is 16.6. The Morgan fingerprint density at radius 1 is 1.00 bits per heavy atom. The first-order valence-corrected chi connectivity index (χ1v) is 11.4. The minimum atomic E-state index is -0.960. The molecule has 4 aromatic rings. The number of hydrogen-bond donors (Lipinski definition) is 2. The second kappa shape index (κ2) is 11.3. The Labute approximate surface area is 198 Å². The van der Waals surface area contributed by atoms with Crippen molar-refractivity contribution in [2.45, 2.75) is 32.0 Å². The first-order valence-electron chi connectivity index (χ1n) is 11.4. The smallest absolute Gasteiger partial charge is 0.344 e. The van der Waals surface area contributed by atoms with Crippen LogP contribution in [0.4, 0.5) is 0 Å². The van der Waals surface area contributed by atoms with Crippen molar-refractivity contribution in [3.8, 4) is 11.5 Å². The molecule has 2 N–H and O–H groups in total. The molecule has 0 saturated carbocycles. The fraction of sp³-hybridized carbons (Fsp3) is 0.259. The molecule has 0 radical (unpaired) electrons. The summed E-state index contributed by atoms with van der Waals surface area (Å²) in [6.07, 6.45) is -0.0993. The van der Waals surface area contributed by atoms with E-state index in [4.69, 9.17) is 13.9 Å². The number of carboxylic acid groups (broad SMARTS) is 1. The molecule has 0 bridgehead atoms. The number of fused-ring (bicyclic) bond motifs is 1.